The number of nitrogens with one attached hydrogen (secondary N) is 12. The zero-order valence-corrected chi connectivity index (χ0v) is 84.9. The van der Waals surface area contributed by atoms with Gasteiger partial charge < -0.3 is 35.8 Å². The lowest BCUT2D eigenvalue weighted by molar-refractivity contribution is -0.114. The van der Waals surface area contributed by atoms with Crippen molar-refractivity contribution in [3.8, 4) is 17.1 Å². The number of aryl methyl sites for hydroxylation is 2. The van der Waals surface area contributed by atoms with Gasteiger partial charge in [0.15, 0.2) is 40.7 Å². The molecular weight excluding hydrogens is 2110 g/mol. The van der Waals surface area contributed by atoms with Crippen LogP contribution < -0.4 is 60.2 Å². The van der Waals surface area contributed by atoms with Crippen molar-refractivity contribution in [1.82, 2.24) is 35.5 Å². The first-order valence-electron chi connectivity index (χ1n) is 41.0. The minimum Gasteiger partial charge on any atom is -0.481 e. The first-order valence-corrected chi connectivity index (χ1v) is 52.7. The van der Waals surface area contributed by atoms with E-state index in [-0.39, 0.29) is 111 Å². The van der Waals surface area contributed by atoms with Gasteiger partial charge in [0.2, 0.25) is 67.0 Å². The van der Waals surface area contributed by atoms with Crippen LogP contribution in [0, 0.1) is 42.9 Å². The van der Waals surface area contributed by atoms with Gasteiger partial charge in [-0.3, -0.25) is 62.8 Å². The average Bonchev–Trinajstić information content (AvgIpc) is 1.42. The number of H-pyrrole nitrogens is 1. The van der Waals surface area contributed by atoms with Gasteiger partial charge >= 0.3 is 0 Å². The highest BCUT2D eigenvalue weighted by molar-refractivity contribution is 7.93. The Morgan fingerprint density at radius 2 is 0.764 bits per heavy atom. The summed E-state index contributed by atoms with van der Waals surface area (Å²) >= 11 is 42.6. The Morgan fingerprint density at radius 3 is 1.09 bits per heavy atom. The molecule has 0 atom stereocenters. The molecule has 748 valence electrons. The maximum atomic E-state index is 14.9. The summed E-state index contributed by atoms with van der Waals surface area (Å²) in [5.74, 6) is -9.75. The molecule has 12 aromatic rings. The van der Waals surface area contributed by atoms with Crippen molar-refractivity contribution < 1.29 is 102 Å². The fourth-order valence-corrected chi connectivity index (χ4v) is 19.7. The number of hydrogen-bond donors (Lipinski definition) is 12. The quantitative estimate of drug-likeness (QED) is 0.0164. The Hall–Kier alpha value is -12.1. The third-order valence-corrected chi connectivity index (χ3v) is 28.3. The zero-order chi connectivity index (χ0) is 103. The molecule has 5 aromatic heterocycles. The lowest BCUT2D eigenvalue weighted by Gasteiger charge is -2.13. The molecule has 54 heteroatoms. The molecule has 12 N–H and O–H groups in total. The van der Waals surface area contributed by atoms with E-state index >= 15 is 0 Å². The predicted molar refractivity (Wildman–Crippen MR) is 534 cm³/mol. The normalized spacial score (nSPS) is 11.2. The van der Waals surface area contributed by atoms with Crippen LogP contribution in [0.3, 0.4) is 0 Å². The summed E-state index contributed by atoms with van der Waals surface area (Å²) in [5, 5.41) is 34.2. The van der Waals surface area contributed by atoms with Crippen molar-refractivity contribution in [2.75, 3.05) is 91.4 Å². The Morgan fingerprint density at radius 1 is 0.414 bits per heavy atom. The van der Waals surface area contributed by atoms with E-state index in [4.69, 9.17) is 90.5 Å². The fourth-order valence-electron chi connectivity index (χ4n) is 11.8. The van der Waals surface area contributed by atoms with Crippen LogP contribution in [0.15, 0.2) is 156 Å². The molecule has 12 rings (SSSR count). The van der Waals surface area contributed by atoms with Gasteiger partial charge in [-0.25, -0.2) is 74.0 Å². The number of nitrogens with zero attached hydrogens (tertiary/aromatic N) is 6. The first-order chi connectivity index (χ1) is 65.9. The van der Waals surface area contributed by atoms with E-state index in [1.54, 1.807) is 90.9 Å². The second-order valence-electron chi connectivity index (χ2n) is 29.2. The van der Waals surface area contributed by atoms with Gasteiger partial charge in [0.1, 0.15) is 22.2 Å². The van der Waals surface area contributed by atoms with Crippen LogP contribution in [0.2, 0.25) is 35.2 Å². The van der Waals surface area contributed by atoms with E-state index in [2.05, 4.69) is 91.0 Å². The highest BCUT2D eigenvalue weighted by Gasteiger charge is 2.30. The third kappa shape index (κ3) is 33.3. The molecule has 0 aliphatic rings. The highest BCUT2D eigenvalue weighted by atomic mass is 35.5. The standard InChI is InChI=1S/C19H17Cl2FN4O3S2.C19H17Cl2FN4O3S.C17H18ClFN4O4S.C16H17ClFN3O4S.C15H17ClFN3O4S/c1-2-9-31(28,29)26-14-8-7-13(21)16(17(14)22)18(27)23-19-25-24-15(30-19)10-11-3-5-12(20)6-4-11;1-2-9-30(28,29)26-14-8-7-13(21)17(18(14)22)19(27)23-16-10-15(24-25-16)11-3-5-12(20)6-4-11;1-3-8-28(26,27)23-13-6-5-12(18)15(16(13)19)17(25)22-11-4-7-14(20-9-11)21-10(2)24;1-3-8-26(23,24)21-12-6-5-11(17)14(15(12)18)16(22)20-10-4-7-13(25-2)19-9-10;1-4-7-25(22,23)20-11-6-5-10(16)12(13(11)17)15(21)18-14-8(2)19-24-9(14)3/h3-8,26H,2,9-10H2,1H3,(H,23,25,27);3-8,10,26H,2,9H2,1H3,(H2,23,24,25,27);4-7,9,23H,3,8H2,1-2H3,(H,22,25)(H,20,21,24);4-7,9,21H,3,8H2,1-2H3,(H,20,22);5-6,20H,4,7H2,1-3H3,(H,18,21). The number of aromatic nitrogens is 7. The van der Waals surface area contributed by atoms with E-state index in [1.165, 1.54) is 81.0 Å². The minimum atomic E-state index is -3.75. The smallest absolute Gasteiger partial charge is 0.262 e. The number of ether oxygens (including phenoxy) is 1. The molecular formula is C86H86Cl7F5N18O18S6. The molecule has 0 bridgehead atoms. The summed E-state index contributed by atoms with van der Waals surface area (Å²) in [6.45, 7) is 12.9. The number of anilines is 11. The largest absolute Gasteiger partial charge is 0.481 e. The van der Waals surface area contributed by atoms with Gasteiger partial charge in [0.05, 0.1) is 147 Å². The molecule has 0 saturated heterocycles. The summed E-state index contributed by atoms with van der Waals surface area (Å²) in [6, 6.07) is 33.7. The van der Waals surface area contributed by atoms with Crippen molar-refractivity contribution in [3.05, 3.63) is 266 Å². The molecule has 0 fully saturated rings. The number of aromatic amines is 1. The van der Waals surface area contributed by atoms with Crippen molar-refractivity contribution in [2.24, 2.45) is 0 Å². The van der Waals surface area contributed by atoms with E-state index in [1.807, 2.05) is 12.1 Å². The molecule has 0 aliphatic heterocycles. The summed E-state index contributed by atoms with van der Waals surface area (Å²) in [6.07, 6.45) is 4.86. The van der Waals surface area contributed by atoms with Crippen LogP contribution >= 0.6 is 92.5 Å². The fraction of sp³-hybridized carbons (Fsp3) is 0.233. The number of carbonyl (C=O) groups is 6. The monoisotopic (exact) mass is 2190 g/mol. The number of benzene rings is 7. The first kappa shape index (κ1) is 113. The topological polar surface area (TPSA) is 521 Å². The summed E-state index contributed by atoms with van der Waals surface area (Å²) in [5.41, 5.74) is -0.637. The number of methoxy groups -OCH3 is 1. The Labute approximate surface area is 839 Å². The number of sulfonamides is 5. The summed E-state index contributed by atoms with van der Waals surface area (Å²) in [7, 11) is -17.2. The third-order valence-electron chi connectivity index (χ3n) is 18.0. The second-order valence-corrected chi connectivity index (χ2v) is 42.4. The Balaban J connectivity index is 0.000000215. The molecule has 7 aromatic carbocycles. The van der Waals surface area contributed by atoms with Crippen LogP contribution in [-0.4, -0.2) is 149 Å². The van der Waals surface area contributed by atoms with Gasteiger partial charge in [-0.1, -0.05) is 157 Å². The molecule has 140 heavy (non-hydrogen) atoms. The maximum Gasteiger partial charge on any atom is 0.262 e. The molecule has 0 radical (unpaired) electrons. The molecule has 0 saturated carbocycles. The predicted octanol–water partition coefficient (Wildman–Crippen LogP) is 19.9. The van der Waals surface area contributed by atoms with Gasteiger partial charge in [-0.2, -0.15) is 5.10 Å². The zero-order valence-electron chi connectivity index (χ0n) is 74.7. The second kappa shape index (κ2) is 51.3. The molecule has 5 heterocycles. The number of pyridine rings is 2. The minimum absolute atomic E-state index is 0.136. The van der Waals surface area contributed by atoms with E-state index < -0.39 is 137 Å². The van der Waals surface area contributed by atoms with Gasteiger partial charge in [0, 0.05) is 35.5 Å². The van der Waals surface area contributed by atoms with Gasteiger partial charge in [-0.15, -0.1) is 10.2 Å². The maximum absolute atomic E-state index is 14.9. The number of carbonyl (C=O) groups excluding carboxylic acids is 6. The molecule has 0 spiro atoms. The van der Waals surface area contributed by atoms with Crippen LogP contribution in [0.5, 0.6) is 5.88 Å². The van der Waals surface area contributed by atoms with Crippen molar-refractivity contribution in [1.29, 1.82) is 0 Å². The van der Waals surface area contributed by atoms with E-state index in [9.17, 15) is 92.8 Å². The number of hydrogen-bond acceptors (Lipinski definition) is 25. The summed E-state index contributed by atoms with van der Waals surface area (Å²) in [4.78, 5) is 81.3. The molecule has 0 aliphatic carbocycles. The van der Waals surface area contributed by atoms with Crippen LogP contribution in [0.25, 0.3) is 11.3 Å². The Bertz CT molecular complexity index is 7120. The van der Waals surface area contributed by atoms with Crippen molar-refractivity contribution in [2.45, 2.75) is 93.9 Å². The molecule has 0 unspecified atom stereocenters. The number of amides is 6. The van der Waals surface area contributed by atoms with Crippen LogP contribution in [0.1, 0.15) is 147 Å². The van der Waals surface area contributed by atoms with Gasteiger partial charge in [-0.05, 0) is 160 Å². The average molecular weight is 2200 g/mol. The van der Waals surface area contributed by atoms with Crippen LogP contribution in [-0.2, 0) is 61.3 Å². The van der Waals surface area contributed by atoms with Crippen LogP contribution in [0.4, 0.5) is 84.2 Å². The lowest BCUT2D eigenvalue weighted by Crippen LogP contribution is -2.20. The van der Waals surface area contributed by atoms with Gasteiger partial charge in [0.25, 0.3) is 29.5 Å². The molecule has 36 nitrogen and oxygen atoms in total. The number of rotatable bonds is 35. The van der Waals surface area contributed by atoms with E-state index in [0.29, 0.717) is 88.0 Å². The van der Waals surface area contributed by atoms with E-state index in [0.717, 1.165) is 52.8 Å². The summed E-state index contributed by atoms with van der Waals surface area (Å²) < 4.78 is 213. The SMILES string of the molecule is CCCS(=O)(=O)Nc1ccc(Cl)c(C(=O)Nc2c(C)noc2C)c1F.CCCS(=O)(=O)Nc1ccc(Cl)c(C(=O)Nc2cc(-c3ccc(Cl)cc3)[nH]n2)c1F.CCCS(=O)(=O)Nc1ccc(Cl)c(C(=O)Nc2ccc(NC(C)=O)nc2)c1F.CCCS(=O)(=O)Nc1ccc(Cl)c(C(=O)Nc2ccc(OC)nc2)c1F.CCCS(=O)(=O)Nc1ccc(Cl)c(C(=O)Nc2nnc(Cc3ccc(Cl)cc3)s2)c1F. The van der Waals surface area contributed by atoms with Crippen molar-refractivity contribution in [3.63, 3.8) is 0 Å². The highest BCUT2D eigenvalue weighted by Crippen LogP contribution is 2.36. The Kier molecular flexibility index (Phi) is 41.5. The lowest BCUT2D eigenvalue weighted by atomic mass is 10.1. The molecule has 6 amide bonds. The number of halogens is 12. The van der Waals surface area contributed by atoms with Crippen molar-refractivity contribution >= 4 is 240 Å².